The molecule has 1 aromatic heterocycles. The molecule has 6 nitrogen and oxygen atoms in total. The number of hydrogen-bond acceptors (Lipinski definition) is 5. The van der Waals surface area contributed by atoms with Gasteiger partial charge >= 0.3 is 0 Å². The second-order valence-corrected chi connectivity index (χ2v) is 4.23. The van der Waals surface area contributed by atoms with Crippen LogP contribution >= 0.6 is 0 Å². The molecule has 16 heavy (non-hydrogen) atoms. The van der Waals surface area contributed by atoms with Crippen LogP contribution in [0.25, 0.3) is 0 Å². The molecule has 0 aromatic carbocycles. The Kier molecular flexibility index (Phi) is 3.74. The van der Waals surface area contributed by atoms with E-state index in [1.807, 2.05) is 7.05 Å². The molecular weight excluding hydrogens is 206 g/mol. The van der Waals surface area contributed by atoms with Gasteiger partial charge in [0, 0.05) is 13.1 Å². The van der Waals surface area contributed by atoms with Gasteiger partial charge in [-0.3, -0.25) is 5.10 Å². The van der Waals surface area contributed by atoms with E-state index in [1.54, 1.807) is 0 Å². The van der Waals surface area contributed by atoms with Crippen LogP contribution in [0.2, 0.25) is 0 Å². The summed E-state index contributed by atoms with van der Waals surface area (Å²) in [6.45, 7) is 3.00. The summed E-state index contributed by atoms with van der Waals surface area (Å²) < 4.78 is 0. The van der Waals surface area contributed by atoms with Crippen molar-refractivity contribution in [3.63, 3.8) is 0 Å². The van der Waals surface area contributed by atoms with Gasteiger partial charge in [-0.15, -0.1) is 5.10 Å². The molecule has 0 radical (unpaired) electrons. The maximum absolute atomic E-state index is 8.90. The van der Waals surface area contributed by atoms with Crippen LogP contribution in [0.15, 0.2) is 0 Å². The summed E-state index contributed by atoms with van der Waals surface area (Å²) in [6, 6.07) is 0. The van der Waals surface area contributed by atoms with Crippen LogP contribution in [0, 0.1) is 5.92 Å². The number of aliphatic hydroxyl groups excluding tert-OH is 1. The number of aromatic nitrogens is 3. The lowest BCUT2D eigenvalue weighted by atomic mass is 9.97. The smallest absolute Gasteiger partial charge is 0.244 e. The molecule has 90 valence electrons. The molecule has 0 saturated carbocycles. The van der Waals surface area contributed by atoms with Crippen molar-refractivity contribution in [3.8, 4) is 0 Å². The summed E-state index contributed by atoms with van der Waals surface area (Å²) in [5.41, 5.74) is 0. The third-order valence-corrected chi connectivity index (χ3v) is 3.06. The van der Waals surface area contributed by atoms with Gasteiger partial charge in [-0.2, -0.15) is 4.98 Å². The SMILES string of the molecule is CNCC1CCN(c2n[nH]c(CO)n2)CC1. The van der Waals surface area contributed by atoms with Crippen molar-refractivity contribution in [1.29, 1.82) is 0 Å². The Morgan fingerprint density at radius 2 is 2.25 bits per heavy atom. The normalized spacial score (nSPS) is 18.0. The molecule has 1 aliphatic heterocycles. The van der Waals surface area contributed by atoms with E-state index in [1.165, 1.54) is 12.8 Å². The van der Waals surface area contributed by atoms with Crippen molar-refractivity contribution in [2.24, 2.45) is 5.92 Å². The van der Waals surface area contributed by atoms with E-state index in [2.05, 4.69) is 25.4 Å². The van der Waals surface area contributed by atoms with Gasteiger partial charge in [0.15, 0.2) is 5.82 Å². The van der Waals surface area contributed by atoms with E-state index < -0.39 is 0 Å². The zero-order valence-electron chi connectivity index (χ0n) is 9.61. The van der Waals surface area contributed by atoms with Gasteiger partial charge in [-0.05, 0) is 32.4 Å². The van der Waals surface area contributed by atoms with Gasteiger partial charge in [0.25, 0.3) is 0 Å². The first-order chi connectivity index (χ1) is 7.83. The highest BCUT2D eigenvalue weighted by atomic mass is 16.3. The molecule has 0 amide bonds. The fourth-order valence-electron chi connectivity index (χ4n) is 2.12. The lowest BCUT2D eigenvalue weighted by Gasteiger charge is -2.30. The van der Waals surface area contributed by atoms with Crippen LogP contribution in [-0.2, 0) is 6.61 Å². The highest BCUT2D eigenvalue weighted by Gasteiger charge is 2.21. The maximum atomic E-state index is 8.90. The first-order valence-corrected chi connectivity index (χ1v) is 5.75. The van der Waals surface area contributed by atoms with Crippen molar-refractivity contribution in [3.05, 3.63) is 5.82 Å². The molecule has 3 N–H and O–H groups in total. The number of H-pyrrole nitrogens is 1. The number of piperidine rings is 1. The Hall–Kier alpha value is -1.14. The van der Waals surface area contributed by atoms with Gasteiger partial charge in [-0.25, -0.2) is 0 Å². The molecule has 2 heterocycles. The molecule has 0 bridgehead atoms. The fourth-order valence-corrected chi connectivity index (χ4v) is 2.12. The number of aromatic amines is 1. The highest BCUT2D eigenvalue weighted by Crippen LogP contribution is 2.19. The predicted molar refractivity (Wildman–Crippen MR) is 61.2 cm³/mol. The minimum absolute atomic E-state index is 0.0801. The second-order valence-electron chi connectivity index (χ2n) is 4.23. The molecule has 0 spiro atoms. The number of hydrogen-bond donors (Lipinski definition) is 3. The van der Waals surface area contributed by atoms with Crippen LogP contribution in [0.1, 0.15) is 18.7 Å². The zero-order valence-corrected chi connectivity index (χ0v) is 9.61. The third kappa shape index (κ3) is 2.51. The van der Waals surface area contributed by atoms with Gasteiger partial charge in [-0.1, -0.05) is 0 Å². The summed E-state index contributed by atoms with van der Waals surface area (Å²) >= 11 is 0. The molecule has 0 atom stereocenters. The molecular formula is C10H19N5O. The van der Waals surface area contributed by atoms with E-state index in [0.717, 1.165) is 25.6 Å². The second kappa shape index (κ2) is 5.27. The van der Waals surface area contributed by atoms with Crippen LogP contribution in [0.3, 0.4) is 0 Å². The standard InChI is InChI=1S/C10H19N5O/c1-11-6-8-2-4-15(5-3-8)10-12-9(7-16)13-14-10/h8,11,16H,2-7H2,1H3,(H,12,13,14). The Morgan fingerprint density at radius 3 is 2.81 bits per heavy atom. The number of anilines is 1. The van der Waals surface area contributed by atoms with Crippen LogP contribution in [0.5, 0.6) is 0 Å². The van der Waals surface area contributed by atoms with E-state index >= 15 is 0 Å². The molecule has 6 heteroatoms. The number of aliphatic hydroxyl groups is 1. The first kappa shape index (κ1) is 11.3. The van der Waals surface area contributed by atoms with Crippen molar-refractivity contribution in [2.45, 2.75) is 19.4 Å². The minimum atomic E-state index is -0.0801. The number of nitrogens with one attached hydrogen (secondary N) is 2. The lowest BCUT2D eigenvalue weighted by molar-refractivity contribution is 0.272. The zero-order chi connectivity index (χ0) is 11.4. The van der Waals surface area contributed by atoms with Gasteiger partial charge in [0.05, 0.1) is 0 Å². The summed E-state index contributed by atoms with van der Waals surface area (Å²) in [7, 11) is 2.00. The molecule has 0 unspecified atom stereocenters. The van der Waals surface area contributed by atoms with Crippen molar-refractivity contribution in [2.75, 3.05) is 31.6 Å². The quantitative estimate of drug-likeness (QED) is 0.657. The van der Waals surface area contributed by atoms with Gasteiger partial charge in [0.1, 0.15) is 6.61 Å². The monoisotopic (exact) mass is 225 g/mol. The number of nitrogens with zero attached hydrogens (tertiary/aromatic N) is 3. The molecule has 1 fully saturated rings. The number of rotatable bonds is 4. The van der Waals surface area contributed by atoms with Crippen LogP contribution in [0.4, 0.5) is 5.95 Å². The first-order valence-electron chi connectivity index (χ1n) is 5.75. The van der Waals surface area contributed by atoms with Crippen molar-refractivity contribution in [1.82, 2.24) is 20.5 Å². The van der Waals surface area contributed by atoms with E-state index in [-0.39, 0.29) is 6.61 Å². The predicted octanol–water partition coefficient (Wildman–Crippen LogP) is -0.267. The molecule has 0 aliphatic carbocycles. The summed E-state index contributed by atoms with van der Waals surface area (Å²) in [5, 5.41) is 18.9. The van der Waals surface area contributed by atoms with E-state index in [0.29, 0.717) is 11.8 Å². The average molecular weight is 225 g/mol. The maximum Gasteiger partial charge on any atom is 0.244 e. The van der Waals surface area contributed by atoms with E-state index in [4.69, 9.17) is 5.11 Å². The Balaban J connectivity index is 1.88. The Labute approximate surface area is 95.1 Å². The summed E-state index contributed by atoms with van der Waals surface area (Å²) in [6.07, 6.45) is 2.34. The average Bonchev–Trinajstić information content (AvgIpc) is 2.79. The topological polar surface area (TPSA) is 77.1 Å². The third-order valence-electron chi connectivity index (χ3n) is 3.06. The summed E-state index contributed by atoms with van der Waals surface area (Å²) in [4.78, 5) is 6.39. The largest absolute Gasteiger partial charge is 0.388 e. The van der Waals surface area contributed by atoms with Crippen molar-refractivity contribution < 1.29 is 5.11 Å². The molecule has 1 saturated heterocycles. The van der Waals surface area contributed by atoms with E-state index in [9.17, 15) is 0 Å². The van der Waals surface area contributed by atoms with Crippen molar-refractivity contribution >= 4 is 5.95 Å². The van der Waals surface area contributed by atoms with Crippen LogP contribution in [-0.4, -0.2) is 47.0 Å². The van der Waals surface area contributed by atoms with Gasteiger partial charge in [0.2, 0.25) is 5.95 Å². The molecule has 1 aromatic rings. The summed E-state index contributed by atoms with van der Waals surface area (Å²) in [5.74, 6) is 2.01. The molecule has 2 rings (SSSR count). The van der Waals surface area contributed by atoms with Crippen LogP contribution < -0.4 is 10.2 Å². The lowest BCUT2D eigenvalue weighted by Crippen LogP contribution is -2.37. The Bertz CT molecular complexity index is 319. The molecule has 1 aliphatic rings. The Morgan fingerprint density at radius 1 is 1.50 bits per heavy atom. The minimum Gasteiger partial charge on any atom is -0.388 e. The van der Waals surface area contributed by atoms with Gasteiger partial charge < -0.3 is 15.3 Å². The fraction of sp³-hybridized carbons (Fsp3) is 0.800. The highest BCUT2D eigenvalue weighted by molar-refractivity contribution is 5.29.